The van der Waals surface area contributed by atoms with Crippen molar-refractivity contribution >= 4 is 28.0 Å². The zero-order valence-electron chi connectivity index (χ0n) is 20.1. The van der Waals surface area contributed by atoms with Crippen molar-refractivity contribution in [3.8, 4) is 22.4 Å². The van der Waals surface area contributed by atoms with Gasteiger partial charge in [-0.15, -0.1) is 0 Å². The predicted molar refractivity (Wildman–Crippen MR) is 141 cm³/mol. The Bertz CT molecular complexity index is 1640. The third kappa shape index (κ3) is 4.52. The Labute approximate surface area is 216 Å². The SMILES string of the molecule is Cc1cc(-c2ccn3c(-c4ccc(CC(=O)Nc5ncc(C6(O)CCC6)s5)c(F)c4)cnc3c2)ccn1. The van der Waals surface area contributed by atoms with Crippen molar-refractivity contribution in [3.63, 3.8) is 0 Å². The fourth-order valence-electron chi connectivity index (χ4n) is 4.59. The van der Waals surface area contributed by atoms with Crippen molar-refractivity contribution in [1.82, 2.24) is 19.4 Å². The standard InChI is InChI=1S/C28H24FN5O2S/c1-17-11-18(5-9-30-17)19-6-10-34-23(15-31-25(34)13-19)21-4-3-20(22(29)12-21)14-26(35)33-27-32-16-24(37-27)28(36)7-2-8-28/h3-6,9-13,15-16,36H,2,7-8,14H2,1H3,(H,32,33,35). The van der Waals surface area contributed by atoms with Gasteiger partial charge in [0.2, 0.25) is 5.91 Å². The number of hydrogen-bond donors (Lipinski definition) is 2. The topological polar surface area (TPSA) is 92.4 Å². The van der Waals surface area contributed by atoms with Gasteiger partial charge < -0.3 is 10.4 Å². The van der Waals surface area contributed by atoms with E-state index < -0.39 is 11.4 Å². The summed E-state index contributed by atoms with van der Waals surface area (Å²) >= 11 is 1.26. The zero-order chi connectivity index (χ0) is 25.6. The van der Waals surface area contributed by atoms with Crippen LogP contribution >= 0.6 is 11.3 Å². The van der Waals surface area contributed by atoms with Gasteiger partial charge in [-0.2, -0.15) is 0 Å². The number of halogens is 1. The van der Waals surface area contributed by atoms with Gasteiger partial charge in [0, 0.05) is 29.8 Å². The highest BCUT2D eigenvalue weighted by molar-refractivity contribution is 7.15. The van der Waals surface area contributed by atoms with Crippen LogP contribution in [-0.2, 0) is 16.8 Å². The van der Waals surface area contributed by atoms with E-state index in [1.165, 1.54) is 17.4 Å². The van der Waals surface area contributed by atoms with E-state index in [0.717, 1.165) is 39.5 Å². The largest absolute Gasteiger partial charge is 0.384 e. The minimum Gasteiger partial charge on any atom is -0.384 e. The van der Waals surface area contributed by atoms with Gasteiger partial charge in [0.25, 0.3) is 0 Å². The number of benzene rings is 1. The molecule has 0 saturated heterocycles. The molecule has 1 aliphatic rings. The number of carbonyl (C=O) groups excluding carboxylic acids is 1. The van der Waals surface area contributed by atoms with Crippen LogP contribution in [-0.4, -0.2) is 30.4 Å². The summed E-state index contributed by atoms with van der Waals surface area (Å²) in [6.07, 6.45) is 9.30. The van der Waals surface area contributed by atoms with E-state index in [1.54, 1.807) is 30.7 Å². The van der Waals surface area contributed by atoms with E-state index in [1.807, 2.05) is 41.8 Å². The molecule has 1 aliphatic carbocycles. The number of nitrogens with zero attached hydrogens (tertiary/aromatic N) is 4. The number of amides is 1. The molecule has 9 heteroatoms. The molecule has 4 heterocycles. The first kappa shape index (κ1) is 23.4. The summed E-state index contributed by atoms with van der Waals surface area (Å²) < 4.78 is 16.9. The Kier molecular flexibility index (Phi) is 5.81. The molecule has 0 atom stereocenters. The molecule has 1 aromatic carbocycles. The number of pyridine rings is 2. The van der Waals surface area contributed by atoms with Gasteiger partial charge in [0.1, 0.15) is 17.1 Å². The highest BCUT2D eigenvalue weighted by Crippen LogP contribution is 2.44. The maximum Gasteiger partial charge on any atom is 0.230 e. The monoisotopic (exact) mass is 513 g/mol. The number of hydrogen-bond acceptors (Lipinski definition) is 6. The molecule has 0 radical (unpaired) electrons. The summed E-state index contributed by atoms with van der Waals surface area (Å²) in [6, 6.07) is 12.8. The average molecular weight is 514 g/mol. The number of rotatable bonds is 6. The maximum absolute atomic E-state index is 15.0. The third-order valence-electron chi connectivity index (χ3n) is 6.83. The highest BCUT2D eigenvalue weighted by Gasteiger charge is 2.38. The summed E-state index contributed by atoms with van der Waals surface area (Å²) in [7, 11) is 0. The number of carbonyl (C=O) groups is 1. The van der Waals surface area contributed by atoms with Crippen molar-refractivity contribution < 1.29 is 14.3 Å². The zero-order valence-corrected chi connectivity index (χ0v) is 20.9. The molecule has 1 saturated carbocycles. The second-order valence-corrected chi connectivity index (χ2v) is 10.4. The van der Waals surface area contributed by atoms with Gasteiger partial charge in [-0.3, -0.25) is 14.2 Å². The third-order valence-corrected chi connectivity index (χ3v) is 7.94. The quantitative estimate of drug-likeness (QED) is 0.312. The van der Waals surface area contributed by atoms with Gasteiger partial charge in [-0.25, -0.2) is 14.4 Å². The molecule has 7 nitrogen and oxygen atoms in total. The van der Waals surface area contributed by atoms with Crippen LogP contribution in [0.5, 0.6) is 0 Å². The first-order valence-corrected chi connectivity index (χ1v) is 12.9. The van der Waals surface area contributed by atoms with Crippen LogP contribution in [0.2, 0.25) is 0 Å². The molecule has 0 unspecified atom stereocenters. The minimum absolute atomic E-state index is 0.118. The molecular formula is C28H24FN5O2S. The van der Waals surface area contributed by atoms with Crippen LogP contribution in [0.3, 0.4) is 0 Å². The average Bonchev–Trinajstić information content (AvgIpc) is 3.51. The van der Waals surface area contributed by atoms with Crippen molar-refractivity contribution in [3.05, 3.63) is 89.2 Å². The predicted octanol–water partition coefficient (Wildman–Crippen LogP) is 5.52. The van der Waals surface area contributed by atoms with E-state index in [2.05, 4.69) is 20.3 Å². The van der Waals surface area contributed by atoms with Crippen LogP contribution in [0, 0.1) is 12.7 Å². The highest BCUT2D eigenvalue weighted by atomic mass is 32.1. The molecule has 1 amide bonds. The summed E-state index contributed by atoms with van der Waals surface area (Å²) in [4.78, 5) is 26.3. The number of fused-ring (bicyclic) bond motifs is 1. The number of anilines is 1. The van der Waals surface area contributed by atoms with Gasteiger partial charge in [0.15, 0.2) is 5.13 Å². The van der Waals surface area contributed by atoms with Gasteiger partial charge in [-0.05, 0) is 73.2 Å². The van der Waals surface area contributed by atoms with Crippen molar-refractivity contribution in [1.29, 1.82) is 0 Å². The van der Waals surface area contributed by atoms with Gasteiger partial charge >= 0.3 is 0 Å². The molecule has 4 aromatic heterocycles. The lowest BCUT2D eigenvalue weighted by atomic mass is 9.79. The fourth-order valence-corrected chi connectivity index (χ4v) is 5.57. The smallest absolute Gasteiger partial charge is 0.230 e. The Morgan fingerprint density at radius 3 is 2.68 bits per heavy atom. The van der Waals surface area contributed by atoms with Crippen LogP contribution in [0.4, 0.5) is 9.52 Å². The molecule has 186 valence electrons. The van der Waals surface area contributed by atoms with Crippen molar-refractivity contribution in [2.75, 3.05) is 5.32 Å². The first-order valence-electron chi connectivity index (χ1n) is 12.1. The lowest BCUT2D eigenvalue weighted by Gasteiger charge is -2.35. The molecule has 0 bridgehead atoms. The van der Waals surface area contributed by atoms with E-state index in [0.29, 0.717) is 29.1 Å². The molecule has 2 N–H and O–H groups in total. The molecule has 0 aliphatic heterocycles. The fraction of sp³-hybridized carbons (Fsp3) is 0.214. The Morgan fingerprint density at radius 2 is 1.92 bits per heavy atom. The molecule has 37 heavy (non-hydrogen) atoms. The summed E-state index contributed by atoms with van der Waals surface area (Å²) in [5.74, 6) is -0.822. The first-order chi connectivity index (χ1) is 17.9. The van der Waals surface area contributed by atoms with Gasteiger partial charge in [-0.1, -0.05) is 23.5 Å². The normalized spacial score (nSPS) is 14.5. The summed E-state index contributed by atoms with van der Waals surface area (Å²) in [6.45, 7) is 1.95. The van der Waals surface area contributed by atoms with E-state index in [-0.39, 0.29) is 12.3 Å². The van der Waals surface area contributed by atoms with E-state index in [4.69, 9.17) is 0 Å². The second kappa shape index (κ2) is 9.17. The van der Waals surface area contributed by atoms with Crippen molar-refractivity contribution in [2.24, 2.45) is 0 Å². The number of aromatic nitrogens is 4. The maximum atomic E-state index is 15.0. The van der Waals surface area contributed by atoms with Crippen LogP contribution in [0.25, 0.3) is 28.0 Å². The Hall–Kier alpha value is -3.95. The number of aliphatic hydroxyl groups is 1. The van der Waals surface area contributed by atoms with Gasteiger partial charge in [0.05, 0.1) is 23.2 Å². The van der Waals surface area contributed by atoms with Crippen LogP contribution in [0.15, 0.2) is 67.3 Å². The second-order valence-electron chi connectivity index (χ2n) is 9.42. The Morgan fingerprint density at radius 1 is 1.08 bits per heavy atom. The lowest BCUT2D eigenvalue weighted by Crippen LogP contribution is -2.32. The van der Waals surface area contributed by atoms with E-state index >= 15 is 4.39 Å². The van der Waals surface area contributed by atoms with E-state index in [9.17, 15) is 9.90 Å². The number of nitrogens with one attached hydrogen (secondary N) is 1. The molecule has 1 fully saturated rings. The van der Waals surface area contributed by atoms with Crippen molar-refractivity contribution in [2.45, 2.75) is 38.2 Å². The molecular weight excluding hydrogens is 489 g/mol. The minimum atomic E-state index is -0.819. The summed E-state index contributed by atoms with van der Waals surface area (Å²) in [5, 5.41) is 13.6. The number of aryl methyl sites for hydroxylation is 1. The van der Waals surface area contributed by atoms with Crippen LogP contribution < -0.4 is 5.32 Å². The number of imidazole rings is 1. The molecule has 0 spiro atoms. The Balaban J connectivity index is 1.18. The number of thiazole rings is 1. The molecule has 6 rings (SSSR count). The summed E-state index contributed by atoms with van der Waals surface area (Å²) in [5.41, 5.74) is 4.67. The van der Waals surface area contributed by atoms with Crippen LogP contribution in [0.1, 0.15) is 35.4 Å². The molecule has 5 aromatic rings. The lowest BCUT2D eigenvalue weighted by molar-refractivity contribution is -0.115.